The van der Waals surface area contributed by atoms with E-state index >= 15 is 0 Å². The van der Waals surface area contributed by atoms with Crippen LogP contribution in [-0.4, -0.2) is 44.3 Å². The largest absolute Gasteiger partial charge is 0.338 e. The second kappa shape index (κ2) is 6.32. The van der Waals surface area contributed by atoms with E-state index in [1.165, 1.54) is 18.4 Å². The molecule has 1 aromatic rings. The first kappa shape index (κ1) is 16.2. The van der Waals surface area contributed by atoms with Crippen molar-refractivity contribution in [3.63, 3.8) is 0 Å². The number of amides is 1. The van der Waals surface area contributed by atoms with Gasteiger partial charge >= 0.3 is 0 Å². The molecule has 7 heteroatoms. The maximum absolute atomic E-state index is 13.0. The minimum absolute atomic E-state index is 0.0584. The lowest BCUT2D eigenvalue weighted by Gasteiger charge is -2.32. The van der Waals surface area contributed by atoms with Gasteiger partial charge in [-0.3, -0.25) is 4.79 Å². The van der Waals surface area contributed by atoms with Gasteiger partial charge in [0.25, 0.3) is 5.91 Å². The molecule has 4 nitrogen and oxygen atoms in total. The van der Waals surface area contributed by atoms with E-state index in [0.717, 1.165) is 18.9 Å². The van der Waals surface area contributed by atoms with Gasteiger partial charge in [0.2, 0.25) is 0 Å². The van der Waals surface area contributed by atoms with Gasteiger partial charge in [-0.2, -0.15) is 0 Å². The number of nitrogens with zero attached hydrogens (tertiary/aromatic N) is 1. The molecule has 1 fully saturated rings. The van der Waals surface area contributed by atoms with Gasteiger partial charge in [0.05, 0.1) is 16.3 Å². The average Bonchev–Trinajstić information content (AvgIpc) is 2.36. The fourth-order valence-electron chi connectivity index (χ4n) is 2.65. The van der Waals surface area contributed by atoms with Gasteiger partial charge in [0, 0.05) is 19.3 Å². The molecule has 21 heavy (non-hydrogen) atoms. The number of piperidine rings is 1. The van der Waals surface area contributed by atoms with Crippen LogP contribution in [0, 0.1) is 11.7 Å². The highest BCUT2D eigenvalue weighted by molar-refractivity contribution is 7.90. The summed E-state index contributed by atoms with van der Waals surface area (Å²) in [6, 6.07) is 3.66. The molecular weight excluding hydrogens is 317 g/mol. The number of hydrogen-bond acceptors (Lipinski definition) is 3. The van der Waals surface area contributed by atoms with Crippen LogP contribution >= 0.6 is 11.6 Å². The van der Waals surface area contributed by atoms with E-state index < -0.39 is 15.7 Å². The Bertz CT molecular complexity index is 648. The number of carbonyl (C=O) groups excluding carboxylic acids is 1. The zero-order valence-corrected chi connectivity index (χ0v) is 13.3. The SMILES string of the molecule is CS(=O)(=O)C[C@H]1CCCN(C(=O)c2ccc(F)cc2Cl)C1. The Morgan fingerprint density at radius 1 is 1.48 bits per heavy atom. The Balaban J connectivity index is 2.12. The van der Waals surface area contributed by atoms with Crippen LogP contribution in [0.1, 0.15) is 23.2 Å². The van der Waals surface area contributed by atoms with Gasteiger partial charge in [0.15, 0.2) is 0 Å². The molecule has 1 heterocycles. The van der Waals surface area contributed by atoms with Crippen LogP contribution in [-0.2, 0) is 9.84 Å². The van der Waals surface area contributed by atoms with Crippen LogP contribution in [0.3, 0.4) is 0 Å². The third-order valence-electron chi connectivity index (χ3n) is 3.51. The summed E-state index contributed by atoms with van der Waals surface area (Å²) < 4.78 is 35.8. The van der Waals surface area contributed by atoms with Gasteiger partial charge < -0.3 is 4.90 Å². The molecule has 1 saturated heterocycles. The van der Waals surface area contributed by atoms with Gasteiger partial charge in [0.1, 0.15) is 15.7 Å². The number of benzene rings is 1. The van der Waals surface area contributed by atoms with Crippen molar-refractivity contribution >= 4 is 27.3 Å². The topological polar surface area (TPSA) is 54.5 Å². The lowest BCUT2D eigenvalue weighted by atomic mass is 9.99. The van der Waals surface area contributed by atoms with Crippen LogP contribution in [0.15, 0.2) is 18.2 Å². The highest BCUT2D eigenvalue weighted by atomic mass is 35.5. The predicted molar refractivity (Wildman–Crippen MR) is 79.7 cm³/mol. The summed E-state index contributed by atoms with van der Waals surface area (Å²) in [6.07, 6.45) is 2.74. The molecule has 1 atom stereocenters. The van der Waals surface area contributed by atoms with Crippen LogP contribution in [0.5, 0.6) is 0 Å². The van der Waals surface area contributed by atoms with E-state index in [4.69, 9.17) is 11.6 Å². The summed E-state index contributed by atoms with van der Waals surface area (Å²) >= 11 is 5.90. The molecule has 0 spiro atoms. The average molecular weight is 334 g/mol. The monoisotopic (exact) mass is 333 g/mol. The number of carbonyl (C=O) groups is 1. The summed E-state index contributed by atoms with van der Waals surface area (Å²) in [5, 5.41) is 0.0743. The van der Waals surface area contributed by atoms with E-state index in [0.29, 0.717) is 13.1 Å². The molecule has 116 valence electrons. The Morgan fingerprint density at radius 2 is 2.19 bits per heavy atom. The Morgan fingerprint density at radius 3 is 2.81 bits per heavy atom. The Hall–Kier alpha value is -1.14. The number of halogens is 2. The molecule has 1 aliphatic rings. The molecule has 0 aliphatic carbocycles. The summed E-state index contributed by atoms with van der Waals surface area (Å²) in [6.45, 7) is 0.951. The highest BCUT2D eigenvalue weighted by Gasteiger charge is 2.27. The number of likely N-dealkylation sites (tertiary alicyclic amines) is 1. The quantitative estimate of drug-likeness (QED) is 0.853. The number of rotatable bonds is 3. The fraction of sp³-hybridized carbons (Fsp3) is 0.500. The molecule has 1 amide bonds. The molecule has 1 aromatic carbocycles. The van der Waals surface area contributed by atoms with Crippen LogP contribution in [0.4, 0.5) is 4.39 Å². The summed E-state index contributed by atoms with van der Waals surface area (Å²) in [5.74, 6) is -0.756. The zero-order chi connectivity index (χ0) is 15.6. The van der Waals surface area contributed by atoms with E-state index in [1.807, 2.05) is 0 Å². The summed E-state index contributed by atoms with van der Waals surface area (Å²) in [4.78, 5) is 14.0. The Labute approximate surface area is 128 Å². The molecule has 1 aliphatic heterocycles. The number of hydrogen-bond donors (Lipinski definition) is 0. The zero-order valence-electron chi connectivity index (χ0n) is 11.7. The number of sulfone groups is 1. The van der Waals surface area contributed by atoms with E-state index in [2.05, 4.69) is 0 Å². The standard InChI is InChI=1S/C14H17ClFNO3S/c1-21(19,20)9-10-3-2-6-17(8-10)14(18)12-5-4-11(16)7-13(12)15/h4-5,7,10H,2-3,6,8-9H2,1H3/t10-/m0/s1. The van der Waals surface area contributed by atoms with Gasteiger partial charge in [-0.25, -0.2) is 12.8 Å². The molecule has 0 saturated carbocycles. The van der Waals surface area contributed by atoms with Gasteiger partial charge in [-0.05, 0) is 37.0 Å². The predicted octanol–water partition coefficient (Wildman–Crippen LogP) is 2.38. The van der Waals surface area contributed by atoms with Crippen molar-refractivity contribution < 1.29 is 17.6 Å². The Kier molecular flexibility index (Phi) is 4.88. The molecule has 0 aromatic heterocycles. The molecule has 0 bridgehead atoms. The van der Waals surface area contributed by atoms with Crippen molar-refractivity contribution in [3.05, 3.63) is 34.6 Å². The van der Waals surface area contributed by atoms with Crippen LogP contribution < -0.4 is 0 Å². The molecule has 0 unspecified atom stereocenters. The van der Waals surface area contributed by atoms with Gasteiger partial charge in [-0.1, -0.05) is 11.6 Å². The second-order valence-electron chi connectivity index (χ2n) is 5.48. The molecule has 0 radical (unpaired) electrons. The summed E-state index contributed by atoms with van der Waals surface area (Å²) in [7, 11) is -3.06. The minimum atomic E-state index is -3.06. The van der Waals surface area contributed by atoms with Crippen molar-refractivity contribution in [3.8, 4) is 0 Å². The lowest BCUT2D eigenvalue weighted by molar-refractivity contribution is 0.0684. The van der Waals surface area contributed by atoms with E-state index in [-0.39, 0.29) is 28.2 Å². The third kappa shape index (κ3) is 4.41. The normalized spacial score (nSPS) is 19.6. The van der Waals surface area contributed by atoms with E-state index in [9.17, 15) is 17.6 Å². The highest BCUT2D eigenvalue weighted by Crippen LogP contribution is 2.23. The smallest absolute Gasteiger partial charge is 0.255 e. The summed E-state index contributed by atoms with van der Waals surface area (Å²) in [5.41, 5.74) is 0.248. The lowest BCUT2D eigenvalue weighted by Crippen LogP contribution is -2.41. The first-order valence-electron chi connectivity index (χ1n) is 6.68. The maximum Gasteiger partial charge on any atom is 0.255 e. The fourth-order valence-corrected chi connectivity index (χ4v) is 4.02. The molecule has 2 rings (SSSR count). The van der Waals surface area contributed by atoms with Crippen molar-refractivity contribution in [2.45, 2.75) is 12.8 Å². The maximum atomic E-state index is 13.0. The van der Waals surface area contributed by atoms with Crippen LogP contribution in [0.25, 0.3) is 0 Å². The minimum Gasteiger partial charge on any atom is -0.338 e. The second-order valence-corrected chi connectivity index (χ2v) is 8.07. The van der Waals surface area contributed by atoms with Crippen molar-refractivity contribution in [1.82, 2.24) is 4.90 Å². The first-order chi connectivity index (χ1) is 9.76. The molecular formula is C14H17ClFNO3S. The van der Waals surface area contributed by atoms with Crippen molar-refractivity contribution in [2.24, 2.45) is 5.92 Å². The molecule has 0 N–H and O–H groups in total. The first-order valence-corrected chi connectivity index (χ1v) is 9.12. The van der Waals surface area contributed by atoms with Crippen molar-refractivity contribution in [2.75, 3.05) is 25.1 Å². The van der Waals surface area contributed by atoms with Gasteiger partial charge in [-0.15, -0.1) is 0 Å². The third-order valence-corrected chi connectivity index (χ3v) is 4.90. The van der Waals surface area contributed by atoms with Crippen LogP contribution in [0.2, 0.25) is 5.02 Å². The van der Waals surface area contributed by atoms with E-state index in [1.54, 1.807) is 4.90 Å². The van der Waals surface area contributed by atoms with Crippen molar-refractivity contribution in [1.29, 1.82) is 0 Å².